The monoisotopic (exact) mass is 388 g/mol. The highest BCUT2D eigenvalue weighted by Gasteiger charge is 2.09. The highest BCUT2D eigenvalue weighted by Crippen LogP contribution is 2.25. The second-order valence-electron chi connectivity index (χ2n) is 3.44. The first-order valence-corrected chi connectivity index (χ1v) is 6.90. The third-order valence-electron chi connectivity index (χ3n) is 2.20. The molecular weight excluding hydrogens is 383 g/mol. The van der Waals surface area contributed by atoms with Crippen molar-refractivity contribution in [3.05, 3.63) is 56.2 Å². The van der Waals surface area contributed by atoms with Crippen molar-refractivity contribution >= 4 is 55.1 Å². The Morgan fingerprint density at radius 3 is 2.67 bits per heavy atom. The number of anilines is 1. The van der Waals surface area contributed by atoms with Crippen LogP contribution in [0.15, 0.2) is 45.6 Å². The molecule has 1 N–H and O–H groups in total. The van der Waals surface area contributed by atoms with Crippen LogP contribution in [0.4, 0.5) is 5.69 Å². The number of benzene rings is 1. The maximum absolute atomic E-state index is 12.0. The quantitative estimate of drug-likeness (QED) is 0.820. The van der Waals surface area contributed by atoms with Gasteiger partial charge in [-0.25, -0.2) is 0 Å². The molecule has 92 valence electrons. The van der Waals surface area contributed by atoms with E-state index in [9.17, 15) is 4.79 Å². The Balaban J connectivity index is 2.22. The summed E-state index contributed by atoms with van der Waals surface area (Å²) >= 11 is 12.5. The van der Waals surface area contributed by atoms with Gasteiger partial charge in [0.25, 0.3) is 5.91 Å². The standard InChI is InChI=1S/C12H7Br2ClN2O/c13-8-2-1-7(5-10(8)15)12(18)17-11-3-4-16-6-9(11)14/h1-6H,(H,16,17,18). The minimum atomic E-state index is -0.226. The number of halogens is 3. The highest BCUT2D eigenvalue weighted by atomic mass is 79.9. The van der Waals surface area contributed by atoms with Crippen molar-refractivity contribution in [1.82, 2.24) is 4.98 Å². The molecule has 0 spiro atoms. The second kappa shape index (κ2) is 5.82. The minimum Gasteiger partial charge on any atom is -0.321 e. The van der Waals surface area contributed by atoms with Crippen LogP contribution in [0, 0.1) is 0 Å². The minimum absolute atomic E-state index is 0.226. The van der Waals surface area contributed by atoms with Gasteiger partial charge in [0.1, 0.15) is 0 Å². The molecular formula is C12H7Br2ClN2O. The average Bonchev–Trinajstić information content (AvgIpc) is 2.35. The summed E-state index contributed by atoms with van der Waals surface area (Å²) in [5.41, 5.74) is 1.15. The van der Waals surface area contributed by atoms with Gasteiger partial charge in [0.15, 0.2) is 0 Å². The van der Waals surface area contributed by atoms with Crippen molar-refractivity contribution in [3.8, 4) is 0 Å². The summed E-state index contributed by atoms with van der Waals surface area (Å²) in [6.45, 7) is 0. The third-order valence-corrected chi connectivity index (χ3v) is 4.07. The maximum Gasteiger partial charge on any atom is 0.255 e. The van der Waals surface area contributed by atoms with Crippen LogP contribution in [0.1, 0.15) is 10.4 Å². The summed E-state index contributed by atoms with van der Waals surface area (Å²) in [5, 5.41) is 3.27. The lowest BCUT2D eigenvalue weighted by molar-refractivity contribution is 0.102. The molecule has 1 aromatic carbocycles. The Morgan fingerprint density at radius 2 is 2.00 bits per heavy atom. The van der Waals surface area contributed by atoms with Gasteiger partial charge in [-0.2, -0.15) is 0 Å². The van der Waals surface area contributed by atoms with E-state index in [1.54, 1.807) is 36.7 Å². The molecule has 0 saturated carbocycles. The Bertz CT molecular complexity index is 604. The van der Waals surface area contributed by atoms with Gasteiger partial charge < -0.3 is 5.32 Å². The number of carbonyl (C=O) groups excluding carboxylic acids is 1. The van der Waals surface area contributed by atoms with E-state index >= 15 is 0 Å². The van der Waals surface area contributed by atoms with Gasteiger partial charge in [-0.1, -0.05) is 11.6 Å². The summed E-state index contributed by atoms with van der Waals surface area (Å²) in [6.07, 6.45) is 3.22. The molecule has 0 radical (unpaired) electrons. The van der Waals surface area contributed by atoms with E-state index in [0.717, 1.165) is 8.95 Å². The Hall–Kier alpha value is -0.910. The molecule has 18 heavy (non-hydrogen) atoms. The predicted molar refractivity (Wildman–Crippen MR) is 79.0 cm³/mol. The number of nitrogens with zero attached hydrogens (tertiary/aromatic N) is 1. The summed E-state index contributed by atoms with van der Waals surface area (Å²) in [7, 11) is 0. The van der Waals surface area contributed by atoms with Gasteiger partial charge in [0, 0.05) is 22.4 Å². The summed E-state index contributed by atoms with van der Waals surface area (Å²) in [4.78, 5) is 15.9. The fraction of sp³-hybridized carbons (Fsp3) is 0. The zero-order valence-electron chi connectivity index (χ0n) is 8.95. The number of hydrogen-bond donors (Lipinski definition) is 1. The smallest absolute Gasteiger partial charge is 0.255 e. The topological polar surface area (TPSA) is 42.0 Å². The van der Waals surface area contributed by atoms with Crippen molar-refractivity contribution in [1.29, 1.82) is 0 Å². The van der Waals surface area contributed by atoms with Gasteiger partial charge in [-0.15, -0.1) is 0 Å². The lowest BCUT2D eigenvalue weighted by Crippen LogP contribution is -2.12. The molecule has 0 fully saturated rings. The van der Waals surface area contributed by atoms with Crippen LogP contribution in [0.3, 0.4) is 0 Å². The van der Waals surface area contributed by atoms with E-state index in [1.807, 2.05) is 0 Å². The van der Waals surface area contributed by atoms with Crippen LogP contribution in [-0.2, 0) is 0 Å². The van der Waals surface area contributed by atoms with E-state index in [2.05, 4.69) is 42.2 Å². The normalized spacial score (nSPS) is 10.2. The van der Waals surface area contributed by atoms with Crippen LogP contribution in [-0.4, -0.2) is 10.9 Å². The van der Waals surface area contributed by atoms with Crippen molar-refractivity contribution in [2.75, 3.05) is 5.32 Å². The molecule has 0 atom stereocenters. The van der Waals surface area contributed by atoms with Crippen molar-refractivity contribution in [2.45, 2.75) is 0 Å². The van der Waals surface area contributed by atoms with E-state index < -0.39 is 0 Å². The van der Waals surface area contributed by atoms with Crippen LogP contribution in [0.5, 0.6) is 0 Å². The van der Waals surface area contributed by atoms with Gasteiger partial charge >= 0.3 is 0 Å². The Kier molecular flexibility index (Phi) is 4.37. The zero-order chi connectivity index (χ0) is 13.1. The zero-order valence-corrected chi connectivity index (χ0v) is 12.9. The van der Waals surface area contributed by atoms with E-state index in [1.165, 1.54) is 0 Å². The predicted octanol–water partition coefficient (Wildman–Crippen LogP) is 4.51. The van der Waals surface area contributed by atoms with Crippen LogP contribution >= 0.6 is 43.5 Å². The van der Waals surface area contributed by atoms with Crippen molar-refractivity contribution in [3.63, 3.8) is 0 Å². The van der Waals surface area contributed by atoms with Crippen molar-refractivity contribution in [2.24, 2.45) is 0 Å². The van der Waals surface area contributed by atoms with E-state index in [4.69, 9.17) is 11.6 Å². The number of rotatable bonds is 2. The summed E-state index contributed by atoms with van der Waals surface area (Å²) in [6, 6.07) is 6.75. The van der Waals surface area contributed by atoms with Crippen LogP contribution in [0.2, 0.25) is 5.02 Å². The Labute approximate surface area is 126 Å². The molecule has 1 amide bonds. The lowest BCUT2D eigenvalue weighted by atomic mass is 10.2. The molecule has 2 aromatic rings. The first-order chi connectivity index (χ1) is 8.58. The summed E-state index contributed by atoms with van der Waals surface area (Å²) in [5.74, 6) is -0.226. The van der Waals surface area contributed by atoms with Gasteiger partial charge in [-0.3, -0.25) is 9.78 Å². The fourth-order valence-electron chi connectivity index (χ4n) is 1.31. The number of aromatic nitrogens is 1. The number of amides is 1. The van der Waals surface area contributed by atoms with E-state index in [-0.39, 0.29) is 5.91 Å². The van der Waals surface area contributed by atoms with Gasteiger partial charge in [-0.05, 0) is 56.1 Å². The molecule has 0 bridgehead atoms. The largest absolute Gasteiger partial charge is 0.321 e. The van der Waals surface area contributed by atoms with E-state index in [0.29, 0.717) is 16.3 Å². The number of hydrogen-bond acceptors (Lipinski definition) is 2. The van der Waals surface area contributed by atoms with Crippen molar-refractivity contribution < 1.29 is 4.79 Å². The lowest BCUT2D eigenvalue weighted by Gasteiger charge is -2.07. The third kappa shape index (κ3) is 3.10. The molecule has 2 rings (SSSR count). The average molecular weight is 390 g/mol. The maximum atomic E-state index is 12.0. The first-order valence-electron chi connectivity index (χ1n) is 4.94. The molecule has 0 saturated heterocycles. The Morgan fingerprint density at radius 1 is 1.22 bits per heavy atom. The summed E-state index contributed by atoms with van der Waals surface area (Å²) < 4.78 is 1.48. The molecule has 6 heteroatoms. The number of nitrogens with one attached hydrogen (secondary N) is 1. The molecule has 0 aliphatic rings. The second-order valence-corrected chi connectivity index (χ2v) is 5.55. The van der Waals surface area contributed by atoms with Gasteiger partial charge in [0.05, 0.1) is 15.2 Å². The molecule has 1 aromatic heterocycles. The highest BCUT2D eigenvalue weighted by molar-refractivity contribution is 9.11. The van der Waals surface area contributed by atoms with Gasteiger partial charge in [0.2, 0.25) is 0 Å². The molecule has 3 nitrogen and oxygen atoms in total. The molecule has 0 aliphatic carbocycles. The fourth-order valence-corrected chi connectivity index (χ4v) is 2.09. The number of pyridine rings is 1. The van der Waals surface area contributed by atoms with Crippen LogP contribution in [0.25, 0.3) is 0 Å². The van der Waals surface area contributed by atoms with Crippen LogP contribution < -0.4 is 5.32 Å². The molecule has 0 unspecified atom stereocenters. The SMILES string of the molecule is O=C(Nc1ccncc1Br)c1ccc(Br)c(Cl)c1. The molecule has 1 heterocycles. The molecule has 0 aliphatic heterocycles. The number of carbonyl (C=O) groups is 1. The first kappa shape index (κ1) is 13.5.